The van der Waals surface area contributed by atoms with E-state index in [0.29, 0.717) is 5.69 Å². The number of ether oxygens (including phenoxy) is 1. The Morgan fingerprint density at radius 1 is 1.36 bits per heavy atom. The number of carbonyl (C=O) groups excluding carboxylic acids is 2. The van der Waals surface area contributed by atoms with Gasteiger partial charge in [-0.15, -0.1) is 0 Å². The first-order chi connectivity index (χ1) is 6.65. The third-order valence-electron chi connectivity index (χ3n) is 1.68. The van der Waals surface area contributed by atoms with Gasteiger partial charge in [0.1, 0.15) is 0 Å². The van der Waals surface area contributed by atoms with E-state index in [2.05, 4.69) is 4.74 Å². The summed E-state index contributed by atoms with van der Waals surface area (Å²) in [6.45, 7) is 1.62. The molecule has 4 heteroatoms. The monoisotopic (exact) mass is 193 g/mol. The number of hydrogen-bond acceptors (Lipinski definition) is 4. The number of nitrogen functional groups attached to an aromatic ring is 1. The van der Waals surface area contributed by atoms with Gasteiger partial charge in [-0.25, -0.2) is 4.79 Å². The standard InChI is InChI=1S/C10H11NO3/c1-2-9(12)14-10(13)7-5-3-4-6-8(7)11/h3-6H,2,11H2,1H3. The first kappa shape index (κ1) is 10.2. The van der Waals surface area contributed by atoms with Crippen LogP contribution in [-0.2, 0) is 9.53 Å². The smallest absolute Gasteiger partial charge is 0.347 e. The Labute approximate surface area is 81.7 Å². The van der Waals surface area contributed by atoms with Crippen LogP contribution in [0.25, 0.3) is 0 Å². The van der Waals surface area contributed by atoms with Crippen molar-refractivity contribution in [3.63, 3.8) is 0 Å². The van der Waals surface area contributed by atoms with Crippen LogP contribution in [0.4, 0.5) is 5.69 Å². The summed E-state index contributed by atoms with van der Waals surface area (Å²) in [6, 6.07) is 6.45. The van der Waals surface area contributed by atoms with Gasteiger partial charge in [0.15, 0.2) is 0 Å². The second kappa shape index (κ2) is 4.41. The molecular formula is C10H11NO3. The highest BCUT2D eigenvalue weighted by atomic mass is 16.6. The molecular weight excluding hydrogens is 182 g/mol. The predicted molar refractivity (Wildman–Crippen MR) is 51.6 cm³/mol. The maximum Gasteiger partial charge on any atom is 0.347 e. The Hall–Kier alpha value is -1.84. The van der Waals surface area contributed by atoms with Crippen molar-refractivity contribution < 1.29 is 14.3 Å². The van der Waals surface area contributed by atoms with Crippen molar-refractivity contribution >= 4 is 17.6 Å². The summed E-state index contributed by atoms with van der Waals surface area (Å²) in [6.07, 6.45) is 0.165. The lowest BCUT2D eigenvalue weighted by Gasteiger charge is -2.03. The summed E-state index contributed by atoms with van der Waals surface area (Å²) in [5, 5.41) is 0. The van der Waals surface area contributed by atoms with Crippen molar-refractivity contribution in [1.29, 1.82) is 0 Å². The molecule has 0 spiro atoms. The van der Waals surface area contributed by atoms with Gasteiger partial charge in [0.2, 0.25) is 0 Å². The molecule has 0 saturated heterocycles. The highest BCUT2D eigenvalue weighted by Crippen LogP contribution is 2.11. The van der Waals surface area contributed by atoms with Crippen LogP contribution in [0.15, 0.2) is 24.3 Å². The van der Waals surface area contributed by atoms with Crippen molar-refractivity contribution in [2.75, 3.05) is 5.73 Å². The number of para-hydroxylation sites is 1. The minimum atomic E-state index is -0.699. The van der Waals surface area contributed by atoms with E-state index in [0.717, 1.165) is 0 Å². The first-order valence-corrected chi connectivity index (χ1v) is 4.24. The molecule has 74 valence electrons. The van der Waals surface area contributed by atoms with Crippen LogP contribution in [0.3, 0.4) is 0 Å². The quantitative estimate of drug-likeness (QED) is 0.437. The Morgan fingerprint density at radius 2 is 2.00 bits per heavy atom. The van der Waals surface area contributed by atoms with E-state index in [1.165, 1.54) is 6.07 Å². The Bertz CT molecular complexity index is 360. The van der Waals surface area contributed by atoms with Crippen molar-refractivity contribution in [3.05, 3.63) is 29.8 Å². The zero-order valence-corrected chi connectivity index (χ0v) is 7.82. The lowest BCUT2D eigenvalue weighted by molar-refractivity contribution is -0.137. The average molecular weight is 193 g/mol. The number of anilines is 1. The molecule has 2 N–H and O–H groups in total. The minimum absolute atomic E-state index is 0.165. The number of nitrogens with two attached hydrogens (primary N) is 1. The fraction of sp³-hybridized carbons (Fsp3) is 0.200. The number of benzene rings is 1. The molecule has 4 nitrogen and oxygen atoms in total. The van der Waals surface area contributed by atoms with Crippen LogP contribution in [0.5, 0.6) is 0 Å². The van der Waals surface area contributed by atoms with Crippen LogP contribution in [0.2, 0.25) is 0 Å². The normalized spacial score (nSPS) is 9.50. The van der Waals surface area contributed by atoms with Crippen LogP contribution >= 0.6 is 0 Å². The van der Waals surface area contributed by atoms with E-state index in [-0.39, 0.29) is 12.0 Å². The highest BCUT2D eigenvalue weighted by molar-refractivity contribution is 6.00. The van der Waals surface area contributed by atoms with E-state index < -0.39 is 11.9 Å². The first-order valence-electron chi connectivity index (χ1n) is 4.24. The molecule has 0 bridgehead atoms. The second-order valence-electron chi connectivity index (χ2n) is 2.70. The van der Waals surface area contributed by atoms with Crippen molar-refractivity contribution in [3.8, 4) is 0 Å². The van der Waals surface area contributed by atoms with E-state index >= 15 is 0 Å². The van der Waals surface area contributed by atoms with Gasteiger partial charge in [0.25, 0.3) is 0 Å². The summed E-state index contributed by atoms with van der Waals surface area (Å²) >= 11 is 0. The molecule has 0 saturated carbocycles. The molecule has 0 unspecified atom stereocenters. The van der Waals surface area contributed by atoms with Gasteiger partial charge in [-0.3, -0.25) is 4.79 Å². The number of carbonyl (C=O) groups is 2. The maximum absolute atomic E-state index is 11.3. The van der Waals surface area contributed by atoms with E-state index in [1.54, 1.807) is 25.1 Å². The van der Waals surface area contributed by atoms with Crippen molar-refractivity contribution in [2.45, 2.75) is 13.3 Å². The van der Waals surface area contributed by atoms with Gasteiger partial charge in [-0.1, -0.05) is 19.1 Å². The zero-order chi connectivity index (χ0) is 10.6. The molecule has 1 aromatic rings. The summed E-state index contributed by atoms with van der Waals surface area (Å²) in [5.41, 5.74) is 6.05. The molecule has 14 heavy (non-hydrogen) atoms. The summed E-state index contributed by atoms with van der Waals surface area (Å²) < 4.78 is 4.51. The topological polar surface area (TPSA) is 69.4 Å². The SMILES string of the molecule is CCC(=O)OC(=O)c1ccccc1N. The number of hydrogen-bond donors (Lipinski definition) is 1. The molecule has 0 aliphatic carbocycles. The molecule has 0 radical (unpaired) electrons. The van der Waals surface area contributed by atoms with Crippen molar-refractivity contribution in [2.24, 2.45) is 0 Å². The third kappa shape index (κ3) is 2.32. The van der Waals surface area contributed by atoms with Crippen LogP contribution in [-0.4, -0.2) is 11.9 Å². The van der Waals surface area contributed by atoms with E-state index in [4.69, 9.17) is 5.73 Å². The van der Waals surface area contributed by atoms with Gasteiger partial charge in [0.05, 0.1) is 5.56 Å². The maximum atomic E-state index is 11.3. The molecule has 0 amide bonds. The van der Waals surface area contributed by atoms with E-state index in [9.17, 15) is 9.59 Å². The Morgan fingerprint density at radius 3 is 2.57 bits per heavy atom. The minimum Gasteiger partial charge on any atom is -0.398 e. The number of rotatable bonds is 2. The lowest BCUT2D eigenvalue weighted by Crippen LogP contribution is -2.12. The molecule has 0 aliphatic rings. The average Bonchev–Trinajstić information content (AvgIpc) is 2.18. The largest absolute Gasteiger partial charge is 0.398 e. The molecule has 0 atom stereocenters. The van der Waals surface area contributed by atoms with Crippen molar-refractivity contribution in [1.82, 2.24) is 0 Å². The van der Waals surface area contributed by atoms with Crippen LogP contribution < -0.4 is 5.73 Å². The Balaban J connectivity index is 2.80. The van der Waals surface area contributed by atoms with Gasteiger partial charge in [0, 0.05) is 12.1 Å². The highest BCUT2D eigenvalue weighted by Gasteiger charge is 2.13. The fourth-order valence-corrected chi connectivity index (χ4v) is 0.913. The lowest BCUT2D eigenvalue weighted by atomic mass is 10.2. The number of esters is 2. The van der Waals surface area contributed by atoms with E-state index in [1.807, 2.05) is 0 Å². The second-order valence-corrected chi connectivity index (χ2v) is 2.70. The van der Waals surface area contributed by atoms with Gasteiger partial charge in [-0.2, -0.15) is 0 Å². The summed E-state index contributed by atoms with van der Waals surface area (Å²) in [4.78, 5) is 22.1. The third-order valence-corrected chi connectivity index (χ3v) is 1.68. The summed E-state index contributed by atoms with van der Waals surface area (Å²) in [7, 11) is 0. The van der Waals surface area contributed by atoms with Crippen LogP contribution in [0, 0.1) is 0 Å². The van der Waals surface area contributed by atoms with Gasteiger partial charge < -0.3 is 10.5 Å². The van der Waals surface area contributed by atoms with Crippen LogP contribution in [0.1, 0.15) is 23.7 Å². The Kier molecular flexibility index (Phi) is 3.23. The summed E-state index contributed by atoms with van der Waals surface area (Å²) in [5.74, 6) is -1.26. The predicted octanol–water partition coefficient (Wildman–Crippen LogP) is 1.36. The van der Waals surface area contributed by atoms with Gasteiger partial charge >= 0.3 is 11.9 Å². The molecule has 0 aliphatic heterocycles. The molecule has 1 rings (SSSR count). The molecule has 0 aromatic heterocycles. The van der Waals surface area contributed by atoms with Gasteiger partial charge in [-0.05, 0) is 12.1 Å². The molecule has 1 aromatic carbocycles. The zero-order valence-electron chi connectivity index (χ0n) is 7.82. The molecule has 0 heterocycles. The fourth-order valence-electron chi connectivity index (χ4n) is 0.913. The molecule has 0 fully saturated rings.